The molecular formula is C21H21F4N3O2. The highest BCUT2D eigenvalue weighted by Crippen LogP contribution is 2.18. The van der Waals surface area contributed by atoms with Crippen molar-refractivity contribution in [2.75, 3.05) is 0 Å². The number of nitrogens with zero attached hydrogens (tertiary/aromatic N) is 1. The number of halogens is 4. The smallest absolute Gasteiger partial charge is 0.280 e. The summed E-state index contributed by atoms with van der Waals surface area (Å²) in [5.74, 6) is -4.35. The number of carbonyl (C=O) groups excluding carboxylic acids is 1. The molecule has 1 saturated carbocycles. The van der Waals surface area contributed by atoms with Gasteiger partial charge in [0.15, 0.2) is 17.6 Å². The molecular weight excluding hydrogens is 402 g/mol. The van der Waals surface area contributed by atoms with Crippen LogP contribution in [0.2, 0.25) is 0 Å². The summed E-state index contributed by atoms with van der Waals surface area (Å²) in [7, 11) is 0. The van der Waals surface area contributed by atoms with Gasteiger partial charge in [-0.15, -0.1) is 0 Å². The van der Waals surface area contributed by atoms with Crippen LogP contribution in [0.3, 0.4) is 0 Å². The molecule has 0 aromatic heterocycles. The van der Waals surface area contributed by atoms with Crippen molar-refractivity contribution in [2.24, 2.45) is 4.99 Å². The lowest BCUT2D eigenvalue weighted by atomic mass is 9.93. The Hall–Kier alpha value is -2.94. The highest BCUT2D eigenvalue weighted by Gasteiger charge is 2.21. The molecule has 0 spiro atoms. The lowest BCUT2D eigenvalue weighted by Crippen LogP contribution is -2.45. The first-order chi connectivity index (χ1) is 14.3. The normalized spacial score (nSPS) is 19.4. The molecule has 0 atom stereocenters. The van der Waals surface area contributed by atoms with Gasteiger partial charge in [0.2, 0.25) is 0 Å². The van der Waals surface area contributed by atoms with Crippen molar-refractivity contribution in [3.05, 3.63) is 70.8 Å². The van der Waals surface area contributed by atoms with Crippen LogP contribution in [-0.2, 0) is 6.54 Å². The molecule has 0 radical (unpaired) electrons. The second kappa shape index (κ2) is 9.71. The summed E-state index contributed by atoms with van der Waals surface area (Å²) >= 11 is 0. The second-order valence-electron chi connectivity index (χ2n) is 7.13. The largest absolute Gasteiger partial charge is 0.393 e. The molecule has 1 aliphatic rings. The average molecular weight is 423 g/mol. The molecule has 3 rings (SSSR count). The monoisotopic (exact) mass is 423 g/mol. The van der Waals surface area contributed by atoms with Gasteiger partial charge in [-0.05, 0) is 62.1 Å². The van der Waals surface area contributed by atoms with Gasteiger partial charge < -0.3 is 15.7 Å². The maximum atomic E-state index is 13.9. The van der Waals surface area contributed by atoms with Crippen molar-refractivity contribution in [1.82, 2.24) is 10.6 Å². The van der Waals surface area contributed by atoms with Gasteiger partial charge in [0.05, 0.1) is 6.10 Å². The molecule has 1 amide bonds. The van der Waals surface area contributed by atoms with Gasteiger partial charge in [-0.3, -0.25) is 4.79 Å². The fraction of sp³-hybridized carbons (Fsp3) is 0.333. The van der Waals surface area contributed by atoms with E-state index in [9.17, 15) is 27.5 Å². The molecule has 5 nitrogen and oxygen atoms in total. The van der Waals surface area contributed by atoms with Crippen LogP contribution in [0, 0.1) is 23.3 Å². The van der Waals surface area contributed by atoms with Crippen molar-refractivity contribution in [2.45, 2.75) is 44.4 Å². The number of aliphatic imine (C=N–C) groups is 1. The van der Waals surface area contributed by atoms with Gasteiger partial charge in [-0.25, -0.2) is 17.6 Å². The van der Waals surface area contributed by atoms with E-state index in [1.807, 2.05) is 0 Å². The van der Waals surface area contributed by atoms with Crippen molar-refractivity contribution in [3.8, 4) is 0 Å². The topological polar surface area (TPSA) is 73.7 Å². The molecule has 2 aromatic carbocycles. The minimum atomic E-state index is -1.18. The van der Waals surface area contributed by atoms with E-state index in [0.717, 1.165) is 36.4 Å². The SMILES string of the molecule is O=C(/N=C(/NCc1cc(F)ccc1F)N[C@H]1CC[C@H](O)CC1)c1ccc(F)c(F)c1. The molecule has 30 heavy (non-hydrogen) atoms. The number of carbonyl (C=O) groups is 1. The van der Waals surface area contributed by atoms with Crippen LogP contribution in [0.25, 0.3) is 0 Å². The predicted molar refractivity (Wildman–Crippen MR) is 103 cm³/mol. The molecule has 1 aliphatic carbocycles. The molecule has 0 saturated heterocycles. The number of aliphatic hydroxyl groups is 1. The lowest BCUT2D eigenvalue weighted by Gasteiger charge is -2.27. The average Bonchev–Trinajstić information content (AvgIpc) is 2.72. The maximum absolute atomic E-state index is 13.9. The van der Waals surface area contributed by atoms with Gasteiger partial charge in [-0.2, -0.15) is 4.99 Å². The Morgan fingerprint density at radius 3 is 2.37 bits per heavy atom. The zero-order chi connectivity index (χ0) is 21.7. The van der Waals surface area contributed by atoms with Crippen molar-refractivity contribution >= 4 is 11.9 Å². The number of guanidine groups is 1. The van der Waals surface area contributed by atoms with Gasteiger partial charge in [0.25, 0.3) is 5.91 Å². The summed E-state index contributed by atoms with van der Waals surface area (Å²) in [6.45, 7) is -0.157. The zero-order valence-electron chi connectivity index (χ0n) is 16.0. The number of amides is 1. The van der Waals surface area contributed by atoms with E-state index in [1.54, 1.807) is 0 Å². The van der Waals surface area contributed by atoms with Crippen molar-refractivity contribution in [3.63, 3.8) is 0 Å². The Bertz CT molecular complexity index is 944. The van der Waals surface area contributed by atoms with Crippen LogP contribution in [-0.4, -0.2) is 29.1 Å². The van der Waals surface area contributed by atoms with Crippen LogP contribution >= 0.6 is 0 Å². The van der Waals surface area contributed by atoms with Crippen LogP contribution < -0.4 is 10.6 Å². The van der Waals surface area contributed by atoms with Crippen molar-refractivity contribution < 1.29 is 27.5 Å². The highest BCUT2D eigenvalue weighted by molar-refractivity contribution is 6.02. The minimum absolute atomic E-state index is 0.00483. The fourth-order valence-electron chi connectivity index (χ4n) is 3.19. The third-order valence-electron chi connectivity index (χ3n) is 4.87. The summed E-state index contributed by atoms with van der Waals surface area (Å²) < 4.78 is 53.8. The van der Waals surface area contributed by atoms with Crippen LogP contribution in [0.15, 0.2) is 41.4 Å². The lowest BCUT2D eigenvalue weighted by molar-refractivity contribution is 0.1000. The van der Waals surface area contributed by atoms with Gasteiger partial charge in [-0.1, -0.05) is 0 Å². The van der Waals surface area contributed by atoms with Crippen LogP contribution in [0.5, 0.6) is 0 Å². The van der Waals surface area contributed by atoms with Gasteiger partial charge in [0, 0.05) is 23.7 Å². The summed E-state index contributed by atoms with van der Waals surface area (Å²) in [5.41, 5.74) is -0.130. The molecule has 0 aliphatic heterocycles. The first-order valence-electron chi connectivity index (χ1n) is 9.52. The molecule has 0 heterocycles. The Kier molecular flexibility index (Phi) is 7.04. The molecule has 9 heteroatoms. The molecule has 0 bridgehead atoms. The maximum Gasteiger partial charge on any atom is 0.280 e. The Balaban J connectivity index is 1.78. The fourth-order valence-corrected chi connectivity index (χ4v) is 3.19. The van der Waals surface area contributed by atoms with E-state index in [-0.39, 0.29) is 35.8 Å². The van der Waals surface area contributed by atoms with E-state index in [2.05, 4.69) is 15.6 Å². The first kappa shape index (κ1) is 21.8. The Morgan fingerprint density at radius 2 is 1.67 bits per heavy atom. The van der Waals surface area contributed by atoms with Gasteiger partial charge in [0.1, 0.15) is 11.6 Å². The molecule has 3 N–H and O–H groups in total. The number of hydrogen-bond donors (Lipinski definition) is 3. The van der Waals surface area contributed by atoms with E-state index in [4.69, 9.17) is 0 Å². The Labute approximate surface area is 170 Å². The summed E-state index contributed by atoms with van der Waals surface area (Å²) in [6, 6.07) is 5.57. The van der Waals surface area contributed by atoms with E-state index >= 15 is 0 Å². The predicted octanol–water partition coefficient (Wildman–Crippen LogP) is 3.42. The second-order valence-corrected chi connectivity index (χ2v) is 7.13. The summed E-state index contributed by atoms with van der Waals surface area (Å²) in [5, 5.41) is 15.4. The highest BCUT2D eigenvalue weighted by atomic mass is 19.2. The number of benzene rings is 2. The van der Waals surface area contributed by atoms with Crippen molar-refractivity contribution in [1.29, 1.82) is 0 Å². The first-order valence-corrected chi connectivity index (χ1v) is 9.52. The number of aliphatic hydroxyl groups excluding tert-OH is 1. The van der Waals surface area contributed by atoms with Crippen LogP contribution in [0.4, 0.5) is 17.6 Å². The zero-order valence-corrected chi connectivity index (χ0v) is 16.0. The minimum Gasteiger partial charge on any atom is -0.393 e. The molecule has 2 aromatic rings. The van der Waals surface area contributed by atoms with Gasteiger partial charge >= 0.3 is 0 Å². The van der Waals surface area contributed by atoms with Crippen LogP contribution in [0.1, 0.15) is 41.6 Å². The number of rotatable bonds is 4. The quantitative estimate of drug-likeness (QED) is 0.400. The third-order valence-corrected chi connectivity index (χ3v) is 4.87. The number of hydrogen-bond acceptors (Lipinski definition) is 2. The molecule has 1 fully saturated rings. The third kappa shape index (κ3) is 5.79. The van der Waals surface area contributed by atoms with E-state index < -0.39 is 29.2 Å². The standard InChI is InChI=1S/C21H21F4N3O2/c22-14-2-8-17(23)13(9-14)11-26-21(27-15-3-5-16(29)6-4-15)28-20(30)12-1-7-18(24)19(25)10-12/h1-2,7-10,15-16,29H,3-6,11H2,(H2,26,27,28,30)/t15-,16-. The summed E-state index contributed by atoms with van der Waals surface area (Å²) in [6.07, 6.45) is 1.99. The van der Waals surface area contributed by atoms with E-state index in [0.29, 0.717) is 25.7 Å². The molecule has 0 unspecified atom stereocenters. The summed E-state index contributed by atoms with van der Waals surface area (Å²) in [4.78, 5) is 16.3. The van der Waals surface area contributed by atoms with E-state index in [1.165, 1.54) is 0 Å². The molecule has 160 valence electrons. The Morgan fingerprint density at radius 1 is 0.967 bits per heavy atom. The number of nitrogens with one attached hydrogen (secondary N) is 2.